The second kappa shape index (κ2) is 6.66. The molecular weight excluding hydrogens is 354 g/mol. The summed E-state index contributed by atoms with van der Waals surface area (Å²) >= 11 is 3.47. The number of halogens is 1. The van der Waals surface area contributed by atoms with Crippen molar-refractivity contribution in [2.24, 2.45) is 0 Å². The number of aromatic nitrogens is 4. The van der Waals surface area contributed by atoms with E-state index in [1.54, 1.807) is 0 Å². The quantitative estimate of drug-likeness (QED) is 0.734. The number of aryl methyl sites for hydroxylation is 1. The Labute approximate surface area is 144 Å². The lowest BCUT2D eigenvalue weighted by atomic mass is 10.1. The van der Waals surface area contributed by atoms with E-state index in [1.165, 1.54) is 11.1 Å². The van der Waals surface area contributed by atoms with Crippen molar-refractivity contribution in [3.63, 3.8) is 0 Å². The third-order valence-corrected chi connectivity index (χ3v) is 4.11. The molecule has 0 fully saturated rings. The van der Waals surface area contributed by atoms with E-state index in [0.29, 0.717) is 5.92 Å². The molecule has 2 heterocycles. The van der Waals surface area contributed by atoms with Gasteiger partial charge < -0.3 is 5.32 Å². The second-order valence-electron chi connectivity index (χ2n) is 5.98. The molecule has 0 aliphatic heterocycles. The summed E-state index contributed by atoms with van der Waals surface area (Å²) in [4.78, 5) is 4.50. The highest BCUT2D eigenvalue weighted by molar-refractivity contribution is 9.10. The number of rotatable bonds is 5. The summed E-state index contributed by atoms with van der Waals surface area (Å²) < 4.78 is 2.76. The molecule has 6 heteroatoms. The van der Waals surface area contributed by atoms with Crippen molar-refractivity contribution in [3.05, 3.63) is 52.0 Å². The number of hydrogen-bond acceptors (Lipinski definition) is 4. The Bertz CT molecular complexity index is 808. The fourth-order valence-electron chi connectivity index (χ4n) is 2.48. The van der Waals surface area contributed by atoms with Gasteiger partial charge in [-0.2, -0.15) is 0 Å². The Kier molecular flexibility index (Phi) is 4.61. The molecule has 3 aromatic rings. The summed E-state index contributed by atoms with van der Waals surface area (Å²) in [6.45, 7) is 7.11. The van der Waals surface area contributed by atoms with E-state index in [0.717, 1.165) is 34.9 Å². The van der Waals surface area contributed by atoms with Crippen LogP contribution in [0.1, 0.15) is 36.7 Å². The van der Waals surface area contributed by atoms with Gasteiger partial charge in [0.15, 0.2) is 5.82 Å². The molecule has 0 bridgehead atoms. The second-order valence-corrected chi connectivity index (χ2v) is 6.79. The Hall–Kier alpha value is -1.95. The van der Waals surface area contributed by atoms with Gasteiger partial charge in [-0.1, -0.05) is 43.7 Å². The van der Waals surface area contributed by atoms with Crippen LogP contribution in [0.4, 0.5) is 5.82 Å². The molecule has 0 aliphatic carbocycles. The largest absolute Gasteiger partial charge is 0.367 e. The molecule has 0 atom stereocenters. The highest BCUT2D eigenvalue weighted by Gasteiger charge is 2.14. The van der Waals surface area contributed by atoms with Crippen LogP contribution in [0.2, 0.25) is 0 Å². The molecule has 0 spiro atoms. The lowest BCUT2D eigenvalue weighted by Gasteiger charge is -2.09. The Morgan fingerprint density at radius 3 is 2.61 bits per heavy atom. The van der Waals surface area contributed by atoms with Gasteiger partial charge in [0.05, 0.1) is 0 Å². The van der Waals surface area contributed by atoms with Crippen LogP contribution in [0.25, 0.3) is 5.65 Å². The third kappa shape index (κ3) is 3.52. The predicted octanol–water partition coefficient (Wildman–Crippen LogP) is 3.97. The summed E-state index contributed by atoms with van der Waals surface area (Å²) in [5.41, 5.74) is 3.35. The summed E-state index contributed by atoms with van der Waals surface area (Å²) in [6.07, 6.45) is 2.85. The van der Waals surface area contributed by atoms with E-state index in [4.69, 9.17) is 0 Å². The van der Waals surface area contributed by atoms with Gasteiger partial charge in [0.1, 0.15) is 10.4 Å². The molecule has 120 valence electrons. The van der Waals surface area contributed by atoms with Crippen molar-refractivity contribution < 1.29 is 0 Å². The zero-order valence-corrected chi connectivity index (χ0v) is 15.1. The van der Waals surface area contributed by atoms with Crippen LogP contribution >= 0.6 is 15.9 Å². The summed E-state index contributed by atoms with van der Waals surface area (Å²) in [5.74, 6) is 2.00. The van der Waals surface area contributed by atoms with Crippen LogP contribution < -0.4 is 5.32 Å². The van der Waals surface area contributed by atoms with E-state index in [9.17, 15) is 0 Å². The maximum Gasteiger partial charge on any atom is 0.203 e. The van der Waals surface area contributed by atoms with E-state index in [1.807, 2.05) is 10.6 Å². The minimum atomic E-state index is 0.305. The normalized spacial score (nSPS) is 11.3. The minimum absolute atomic E-state index is 0.305. The van der Waals surface area contributed by atoms with E-state index in [-0.39, 0.29) is 0 Å². The first-order valence-corrected chi connectivity index (χ1v) is 8.54. The van der Waals surface area contributed by atoms with Gasteiger partial charge in [0.2, 0.25) is 5.65 Å². The molecule has 23 heavy (non-hydrogen) atoms. The van der Waals surface area contributed by atoms with Gasteiger partial charge in [-0.3, -0.25) is 4.40 Å². The number of benzene rings is 1. The maximum atomic E-state index is 4.50. The van der Waals surface area contributed by atoms with Gasteiger partial charge in [-0.25, -0.2) is 4.98 Å². The SMILES string of the molecule is Cc1ccc(CCNc2nc(Br)cn3c(C(C)C)nnc23)cc1. The summed E-state index contributed by atoms with van der Waals surface area (Å²) in [6, 6.07) is 8.60. The molecule has 0 aliphatic rings. The first kappa shape index (κ1) is 15.9. The van der Waals surface area contributed by atoms with Gasteiger partial charge in [0.25, 0.3) is 0 Å². The molecule has 3 rings (SSSR count). The van der Waals surface area contributed by atoms with Crippen molar-refractivity contribution >= 4 is 27.4 Å². The van der Waals surface area contributed by atoms with Crippen molar-refractivity contribution in [1.82, 2.24) is 19.6 Å². The predicted molar refractivity (Wildman–Crippen MR) is 95.9 cm³/mol. The fourth-order valence-corrected chi connectivity index (χ4v) is 2.86. The zero-order valence-electron chi connectivity index (χ0n) is 13.5. The number of nitrogens with zero attached hydrogens (tertiary/aromatic N) is 4. The summed E-state index contributed by atoms with van der Waals surface area (Å²) in [5, 5.41) is 11.9. The average Bonchev–Trinajstić information content (AvgIpc) is 2.93. The van der Waals surface area contributed by atoms with Crippen LogP contribution in [0.15, 0.2) is 35.1 Å². The average molecular weight is 374 g/mol. The Morgan fingerprint density at radius 1 is 1.17 bits per heavy atom. The first-order valence-electron chi connectivity index (χ1n) is 7.75. The smallest absolute Gasteiger partial charge is 0.203 e. The van der Waals surface area contributed by atoms with Crippen molar-refractivity contribution in [2.75, 3.05) is 11.9 Å². The molecule has 0 unspecified atom stereocenters. The lowest BCUT2D eigenvalue weighted by molar-refractivity contribution is 0.757. The fraction of sp³-hybridized carbons (Fsp3) is 0.353. The highest BCUT2D eigenvalue weighted by atomic mass is 79.9. The molecule has 0 radical (unpaired) electrons. The number of fused-ring (bicyclic) bond motifs is 1. The Morgan fingerprint density at radius 2 is 1.91 bits per heavy atom. The van der Waals surface area contributed by atoms with Gasteiger partial charge >= 0.3 is 0 Å². The monoisotopic (exact) mass is 373 g/mol. The molecule has 1 aromatic carbocycles. The Balaban J connectivity index is 1.78. The summed E-state index contributed by atoms with van der Waals surface area (Å²) in [7, 11) is 0. The lowest BCUT2D eigenvalue weighted by Crippen LogP contribution is -2.09. The number of anilines is 1. The molecule has 0 saturated heterocycles. The molecule has 5 nitrogen and oxygen atoms in total. The number of hydrogen-bond donors (Lipinski definition) is 1. The van der Waals surface area contributed by atoms with Crippen LogP contribution in [0.5, 0.6) is 0 Å². The van der Waals surface area contributed by atoms with E-state index >= 15 is 0 Å². The van der Waals surface area contributed by atoms with Crippen molar-refractivity contribution in [2.45, 2.75) is 33.1 Å². The maximum absolute atomic E-state index is 4.50. The molecule has 2 aromatic heterocycles. The van der Waals surface area contributed by atoms with Crippen LogP contribution in [0, 0.1) is 6.92 Å². The van der Waals surface area contributed by atoms with E-state index < -0.39 is 0 Å². The molecule has 0 saturated carbocycles. The van der Waals surface area contributed by atoms with Crippen LogP contribution in [-0.4, -0.2) is 26.1 Å². The molecular formula is C17H20BrN5. The van der Waals surface area contributed by atoms with Crippen LogP contribution in [0.3, 0.4) is 0 Å². The molecule has 0 amide bonds. The van der Waals surface area contributed by atoms with Crippen molar-refractivity contribution in [3.8, 4) is 0 Å². The topological polar surface area (TPSA) is 55.1 Å². The minimum Gasteiger partial charge on any atom is -0.367 e. The van der Waals surface area contributed by atoms with E-state index in [2.05, 4.69) is 81.5 Å². The highest BCUT2D eigenvalue weighted by Crippen LogP contribution is 2.21. The first-order chi connectivity index (χ1) is 11.0. The standard InChI is InChI=1S/C17H20BrN5/c1-11(2)16-21-22-17-15(20-14(18)10-23(16)17)19-9-8-13-6-4-12(3)5-7-13/h4-7,10-11H,8-9H2,1-3H3,(H,19,20). The van der Waals surface area contributed by atoms with Crippen molar-refractivity contribution in [1.29, 1.82) is 0 Å². The van der Waals surface area contributed by atoms with Gasteiger partial charge in [-0.15, -0.1) is 10.2 Å². The van der Waals surface area contributed by atoms with Gasteiger partial charge in [-0.05, 0) is 34.8 Å². The zero-order chi connectivity index (χ0) is 16.4. The third-order valence-electron chi connectivity index (χ3n) is 3.73. The number of nitrogens with one attached hydrogen (secondary N) is 1. The molecule has 1 N–H and O–H groups in total. The van der Waals surface area contributed by atoms with Gasteiger partial charge in [0, 0.05) is 18.7 Å². The van der Waals surface area contributed by atoms with Crippen LogP contribution in [-0.2, 0) is 6.42 Å².